The number of imide groups is 1. The van der Waals surface area contributed by atoms with E-state index < -0.39 is 11.5 Å². The van der Waals surface area contributed by atoms with Crippen LogP contribution in [0.2, 0.25) is 0 Å². The van der Waals surface area contributed by atoms with Gasteiger partial charge in [0.15, 0.2) is 5.78 Å². The van der Waals surface area contributed by atoms with E-state index in [-0.39, 0.29) is 23.2 Å². The van der Waals surface area contributed by atoms with Gasteiger partial charge in [-0.15, -0.1) is 0 Å². The molecule has 3 heterocycles. The third kappa shape index (κ3) is 3.73. The standard InChI is InChI=1S/C30H26N2O5/c1-18-7-8-19(2)24(15-18)32-28(35)21-10-9-20(16-23(21)29(32)36)27(34)31-13-11-30(12-14-31)17-25(33)22-5-3-4-6-26(22)37-30/h3-10,15-16H,11-14,17H2,1-2H3. The Balaban J connectivity index is 1.20. The van der Waals surface area contributed by atoms with Gasteiger partial charge < -0.3 is 9.64 Å². The first-order valence-corrected chi connectivity index (χ1v) is 12.5. The average molecular weight is 495 g/mol. The summed E-state index contributed by atoms with van der Waals surface area (Å²) >= 11 is 0. The Labute approximate surface area is 214 Å². The first kappa shape index (κ1) is 23.2. The van der Waals surface area contributed by atoms with Crippen molar-refractivity contribution < 1.29 is 23.9 Å². The van der Waals surface area contributed by atoms with Gasteiger partial charge in [-0.3, -0.25) is 19.2 Å². The molecule has 0 radical (unpaired) electrons. The largest absolute Gasteiger partial charge is 0.486 e. The summed E-state index contributed by atoms with van der Waals surface area (Å²) in [5.41, 5.74) is 3.24. The van der Waals surface area contributed by atoms with E-state index in [0.717, 1.165) is 11.1 Å². The van der Waals surface area contributed by atoms with Gasteiger partial charge in [-0.1, -0.05) is 24.3 Å². The first-order chi connectivity index (χ1) is 17.8. The van der Waals surface area contributed by atoms with Crippen LogP contribution in [0, 0.1) is 13.8 Å². The smallest absolute Gasteiger partial charge is 0.266 e. The van der Waals surface area contributed by atoms with E-state index >= 15 is 0 Å². The Morgan fingerprint density at radius 1 is 0.838 bits per heavy atom. The van der Waals surface area contributed by atoms with Gasteiger partial charge in [-0.2, -0.15) is 0 Å². The normalized spacial score (nSPS) is 18.1. The molecule has 37 heavy (non-hydrogen) atoms. The second-order valence-electron chi connectivity index (χ2n) is 10.2. The molecule has 0 aromatic heterocycles. The summed E-state index contributed by atoms with van der Waals surface area (Å²) in [6, 6.07) is 17.6. The molecule has 1 spiro atoms. The number of ether oxygens (including phenoxy) is 1. The molecular weight excluding hydrogens is 468 g/mol. The summed E-state index contributed by atoms with van der Waals surface area (Å²) in [5.74, 6) is -0.336. The quantitative estimate of drug-likeness (QED) is 0.481. The van der Waals surface area contributed by atoms with Crippen LogP contribution in [0.1, 0.15) is 71.8 Å². The minimum Gasteiger partial charge on any atom is -0.486 e. The Kier molecular flexibility index (Phi) is 5.26. The second kappa shape index (κ2) is 8.40. The number of nitrogens with zero attached hydrogens (tertiary/aromatic N) is 2. The molecule has 3 aliphatic heterocycles. The minimum absolute atomic E-state index is 0.0665. The minimum atomic E-state index is -0.602. The van der Waals surface area contributed by atoms with E-state index in [1.54, 1.807) is 23.1 Å². The van der Waals surface area contributed by atoms with Crippen LogP contribution < -0.4 is 9.64 Å². The number of anilines is 1. The van der Waals surface area contributed by atoms with Crippen LogP contribution in [0.3, 0.4) is 0 Å². The molecule has 0 saturated carbocycles. The maximum absolute atomic E-state index is 13.4. The van der Waals surface area contributed by atoms with Crippen molar-refractivity contribution in [3.63, 3.8) is 0 Å². The maximum Gasteiger partial charge on any atom is 0.266 e. The zero-order valence-electron chi connectivity index (χ0n) is 20.7. The predicted octanol–water partition coefficient (Wildman–Crippen LogP) is 4.74. The van der Waals surface area contributed by atoms with Crippen molar-refractivity contribution in [2.45, 2.75) is 38.7 Å². The lowest BCUT2D eigenvalue weighted by Crippen LogP contribution is -2.52. The van der Waals surface area contributed by atoms with Crippen LogP contribution in [0.25, 0.3) is 0 Å². The predicted molar refractivity (Wildman–Crippen MR) is 137 cm³/mol. The van der Waals surface area contributed by atoms with Crippen LogP contribution in [0.4, 0.5) is 5.69 Å². The molecule has 1 fully saturated rings. The van der Waals surface area contributed by atoms with Crippen LogP contribution in [0.5, 0.6) is 5.75 Å². The Hall–Kier alpha value is -4.26. The number of rotatable bonds is 2. The number of hydrogen-bond acceptors (Lipinski definition) is 5. The summed E-state index contributed by atoms with van der Waals surface area (Å²) in [7, 11) is 0. The molecule has 0 atom stereocenters. The molecular formula is C30H26N2O5. The molecule has 0 aliphatic carbocycles. The third-order valence-electron chi connectivity index (χ3n) is 7.70. The van der Waals surface area contributed by atoms with Crippen molar-refractivity contribution in [2.24, 2.45) is 0 Å². The summed E-state index contributed by atoms with van der Waals surface area (Å²) in [6.07, 6.45) is 1.39. The van der Waals surface area contributed by atoms with Gasteiger partial charge in [0.05, 0.1) is 28.8 Å². The van der Waals surface area contributed by atoms with Crippen molar-refractivity contribution in [2.75, 3.05) is 18.0 Å². The summed E-state index contributed by atoms with van der Waals surface area (Å²) in [4.78, 5) is 55.4. The van der Waals surface area contributed by atoms with Gasteiger partial charge in [0.25, 0.3) is 17.7 Å². The third-order valence-corrected chi connectivity index (χ3v) is 7.70. The van der Waals surface area contributed by atoms with E-state index in [9.17, 15) is 19.2 Å². The van der Waals surface area contributed by atoms with Gasteiger partial charge >= 0.3 is 0 Å². The lowest BCUT2D eigenvalue weighted by molar-refractivity contribution is -0.00572. The SMILES string of the molecule is Cc1ccc(C)c(N2C(=O)c3ccc(C(=O)N4CCC5(CC4)CC(=O)c4ccccc4O5)cc3C2=O)c1. The van der Waals surface area contributed by atoms with E-state index in [4.69, 9.17) is 4.74 Å². The van der Waals surface area contributed by atoms with Gasteiger partial charge in [-0.05, 0) is 61.4 Å². The molecule has 186 valence electrons. The van der Waals surface area contributed by atoms with Crippen LogP contribution in [-0.4, -0.2) is 47.1 Å². The fraction of sp³-hybridized carbons (Fsp3) is 0.267. The lowest BCUT2D eigenvalue weighted by atomic mass is 9.82. The average Bonchev–Trinajstić information content (AvgIpc) is 3.14. The van der Waals surface area contributed by atoms with Crippen molar-refractivity contribution in [1.82, 2.24) is 4.90 Å². The van der Waals surface area contributed by atoms with Crippen molar-refractivity contribution in [3.8, 4) is 5.75 Å². The fourth-order valence-corrected chi connectivity index (χ4v) is 5.57. The van der Waals surface area contributed by atoms with Gasteiger partial charge in [0.2, 0.25) is 0 Å². The number of carbonyl (C=O) groups is 4. The van der Waals surface area contributed by atoms with Gasteiger partial charge in [0, 0.05) is 31.5 Å². The number of piperidine rings is 1. The number of hydrogen-bond donors (Lipinski definition) is 0. The highest BCUT2D eigenvalue weighted by Gasteiger charge is 2.44. The summed E-state index contributed by atoms with van der Waals surface area (Å²) < 4.78 is 6.28. The van der Waals surface area contributed by atoms with E-state index in [0.29, 0.717) is 60.5 Å². The Morgan fingerprint density at radius 3 is 2.35 bits per heavy atom. The zero-order valence-corrected chi connectivity index (χ0v) is 20.7. The van der Waals surface area contributed by atoms with Crippen molar-refractivity contribution >= 4 is 29.2 Å². The van der Waals surface area contributed by atoms with Crippen LogP contribution >= 0.6 is 0 Å². The fourth-order valence-electron chi connectivity index (χ4n) is 5.57. The number of carbonyl (C=O) groups excluding carboxylic acids is 4. The molecule has 0 unspecified atom stereocenters. The lowest BCUT2D eigenvalue weighted by Gasteiger charge is -2.44. The number of amides is 3. The highest BCUT2D eigenvalue weighted by atomic mass is 16.5. The molecule has 0 bridgehead atoms. The van der Waals surface area contributed by atoms with E-state index in [2.05, 4.69) is 0 Å². The maximum atomic E-state index is 13.4. The summed E-state index contributed by atoms with van der Waals surface area (Å²) in [6.45, 7) is 4.64. The monoisotopic (exact) mass is 494 g/mol. The van der Waals surface area contributed by atoms with Gasteiger partial charge in [-0.25, -0.2) is 4.90 Å². The number of Topliss-reactive ketones (excluding diaryl/α,β-unsaturated/α-hetero) is 1. The van der Waals surface area contributed by atoms with Crippen LogP contribution in [0.15, 0.2) is 60.7 Å². The molecule has 0 N–H and O–H groups in total. The van der Waals surface area contributed by atoms with Gasteiger partial charge in [0.1, 0.15) is 11.4 Å². The van der Waals surface area contributed by atoms with Crippen molar-refractivity contribution in [1.29, 1.82) is 0 Å². The number of ketones is 1. The number of likely N-dealkylation sites (tertiary alicyclic amines) is 1. The zero-order chi connectivity index (χ0) is 25.9. The number of para-hydroxylation sites is 1. The molecule has 3 aromatic carbocycles. The van der Waals surface area contributed by atoms with Crippen molar-refractivity contribution in [3.05, 3.63) is 94.0 Å². The Bertz CT molecular complexity index is 1500. The highest BCUT2D eigenvalue weighted by Crippen LogP contribution is 2.39. The van der Waals surface area contributed by atoms with E-state index in [1.165, 1.54) is 11.0 Å². The molecule has 3 aromatic rings. The molecule has 6 rings (SSSR count). The number of aryl methyl sites for hydroxylation is 2. The molecule has 1 saturated heterocycles. The summed E-state index contributed by atoms with van der Waals surface area (Å²) in [5, 5.41) is 0. The molecule has 7 nitrogen and oxygen atoms in total. The second-order valence-corrected chi connectivity index (χ2v) is 10.2. The highest BCUT2D eigenvalue weighted by molar-refractivity contribution is 6.35. The Morgan fingerprint density at radius 2 is 1.57 bits per heavy atom. The first-order valence-electron chi connectivity index (χ1n) is 12.5. The molecule has 3 aliphatic rings. The van der Waals surface area contributed by atoms with E-state index in [1.807, 2.05) is 50.2 Å². The number of benzene rings is 3. The molecule has 7 heteroatoms. The topological polar surface area (TPSA) is 84.0 Å². The molecule has 3 amide bonds. The number of fused-ring (bicyclic) bond motifs is 2. The van der Waals surface area contributed by atoms with Crippen LogP contribution in [-0.2, 0) is 0 Å².